The average molecular weight is 356 g/mol. The van der Waals surface area contributed by atoms with Crippen molar-refractivity contribution in [1.82, 2.24) is 10.3 Å². The van der Waals surface area contributed by atoms with E-state index >= 15 is 0 Å². The summed E-state index contributed by atoms with van der Waals surface area (Å²) in [7, 11) is 1.25. The summed E-state index contributed by atoms with van der Waals surface area (Å²) in [6, 6.07) is 11.6. The minimum atomic E-state index is -0.866. The van der Waals surface area contributed by atoms with Gasteiger partial charge in [0.25, 0.3) is 5.91 Å². The molecule has 1 aromatic heterocycles. The van der Waals surface area contributed by atoms with Crippen molar-refractivity contribution in [3.63, 3.8) is 0 Å². The van der Waals surface area contributed by atoms with Gasteiger partial charge in [0.1, 0.15) is 6.04 Å². The molecule has 0 bridgehead atoms. The number of ether oxygens (including phenoxy) is 2. The monoisotopic (exact) mass is 356 g/mol. The standard InChI is InChI=1S/C19H20N2O5/c1-13-8-9-15(11-20-13)18(23)26-12-17(22)21-16(19(24)25-2)10-14-6-4-3-5-7-14/h3-9,11,16H,10,12H2,1-2H3,(H,21,22). The first kappa shape index (κ1) is 19.1. The quantitative estimate of drug-likeness (QED) is 0.755. The third-order valence-electron chi connectivity index (χ3n) is 3.58. The highest BCUT2D eigenvalue weighted by atomic mass is 16.5. The highest BCUT2D eigenvalue weighted by Gasteiger charge is 2.22. The second-order valence-electron chi connectivity index (χ2n) is 5.60. The third-order valence-corrected chi connectivity index (χ3v) is 3.58. The first-order valence-electron chi connectivity index (χ1n) is 8.00. The van der Waals surface area contributed by atoms with Gasteiger partial charge < -0.3 is 14.8 Å². The zero-order valence-electron chi connectivity index (χ0n) is 14.6. The Hall–Kier alpha value is -3.22. The SMILES string of the molecule is COC(=O)C(Cc1ccccc1)NC(=O)COC(=O)c1ccc(C)nc1. The molecule has 26 heavy (non-hydrogen) atoms. The molecule has 2 aromatic rings. The lowest BCUT2D eigenvalue weighted by Gasteiger charge is -2.16. The van der Waals surface area contributed by atoms with Crippen molar-refractivity contribution in [3.05, 3.63) is 65.5 Å². The number of carbonyl (C=O) groups is 3. The number of pyridine rings is 1. The van der Waals surface area contributed by atoms with E-state index in [-0.39, 0.29) is 12.0 Å². The van der Waals surface area contributed by atoms with Crippen LogP contribution in [0.3, 0.4) is 0 Å². The number of rotatable bonds is 7. The Morgan fingerprint density at radius 2 is 1.85 bits per heavy atom. The molecule has 7 nitrogen and oxygen atoms in total. The fourth-order valence-electron chi connectivity index (χ4n) is 2.22. The summed E-state index contributed by atoms with van der Waals surface area (Å²) in [5.74, 6) is -1.83. The molecule has 1 unspecified atom stereocenters. The van der Waals surface area contributed by atoms with Gasteiger partial charge in [-0.25, -0.2) is 9.59 Å². The number of benzene rings is 1. The topological polar surface area (TPSA) is 94.6 Å². The number of methoxy groups -OCH3 is 1. The van der Waals surface area contributed by atoms with Crippen LogP contribution in [0.2, 0.25) is 0 Å². The Kier molecular flexibility index (Phi) is 6.84. The lowest BCUT2D eigenvalue weighted by Crippen LogP contribution is -2.44. The molecule has 0 aliphatic heterocycles. The van der Waals surface area contributed by atoms with Gasteiger partial charge in [0.15, 0.2) is 6.61 Å². The number of hydrogen-bond acceptors (Lipinski definition) is 6. The van der Waals surface area contributed by atoms with Crippen molar-refractivity contribution in [3.8, 4) is 0 Å². The zero-order valence-corrected chi connectivity index (χ0v) is 14.6. The van der Waals surface area contributed by atoms with Crippen LogP contribution in [0, 0.1) is 6.92 Å². The average Bonchev–Trinajstić information content (AvgIpc) is 2.66. The van der Waals surface area contributed by atoms with Crippen molar-refractivity contribution < 1.29 is 23.9 Å². The van der Waals surface area contributed by atoms with Crippen LogP contribution in [-0.2, 0) is 25.5 Å². The number of nitrogens with one attached hydrogen (secondary N) is 1. The lowest BCUT2D eigenvalue weighted by atomic mass is 10.1. The van der Waals surface area contributed by atoms with Crippen molar-refractivity contribution in [2.45, 2.75) is 19.4 Å². The van der Waals surface area contributed by atoms with Gasteiger partial charge in [-0.3, -0.25) is 9.78 Å². The van der Waals surface area contributed by atoms with Crippen LogP contribution in [-0.4, -0.2) is 42.6 Å². The van der Waals surface area contributed by atoms with E-state index in [4.69, 9.17) is 9.47 Å². The minimum absolute atomic E-state index is 0.247. The van der Waals surface area contributed by atoms with E-state index in [1.54, 1.807) is 19.1 Å². The maximum Gasteiger partial charge on any atom is 0.340 e. The molecule has 2 rings (SSSR count). The molecule has 1 aromatic carbocycles. The van der Waals surface area contributed by atoms with Crippen LogP contribution in [0.15, 0.2) is 48.7 Å². The maximum atomic E-state index is 12.0. The maximum absolute atomic E-state index is 12.0. The molecule has 0 fully saturated rings. The Bertz CT molecular complexity index is 759. The molecule has 1 heterocycles. The minimum Gasteiger partial charge on any atom is -0.467 e. The molecule has 0 spiro atoms. The van der Waals surface area contributed by atoms with Crippen molar-refractivity contribution in [2.75, 3.05) is 13.7 Å². The normalized spacial score (nSPS) is 11.3. The molecule has 0 radical (unpaired) electrons. The number of aryl methyl sites for hydroxylation is 1. The first-order valence-corrected chi connectivity index (χ1v) is 8.00. The van der Waals surface area contributed by atoms with E-state index in [1.165, 1.54) is 13.3 Å². The largest absolute Gasteiger partial charge is 0.467 e. The predicted octanol–water partition coefficient (Wildman–Crippen LogP) is 1.45. The van der Waals surface area contributed by atoms with E-state index in [9.17, 15) is 14.4 Å². The molecule has 0 aliphatic carbocycles. The molecule has 7 heteroatoms. The molecule has 0 saturated carbocycles. The molecule has 0 aliphatic rings. The van der Waals surface area contributed by atoms with Crippen LogP contribution in [0.1, 0.15) is 21.6 Å². The summed E-state index contributed by atoms with van der Waals surface area (Å²) in [5.41, 5.74) is 1.88. The van der Waals surface area contributed by atoms with Gasteiger partial charge in [-0.1, -0.05) is 30.3 Å². The highest BCUT2D eigenvalue weighted by molar-refractivity contribution is 5.91. The molecular weight excluding hydrogens is 336 g/mol. The van der Waals surface area contributed by atoms with Crippen LogP contribution in [0.25, 0.3) is 0 Å². The van der Waals surface area contributed by atoms with E-state index in [0.717, 1.165) is 11.3 Å². The summed E-state index contributed by atoms with van der Waals surface area (Å²) in [4.78, 5) is 39.8. The van der Waals surface area contributed by atoms with Gasteiger partial charge in [0.05, 0.1) is 12.7 Å². The highest BCUT2D eigenvalue weighted by Crippen LogP contribution is 2.05. The second-order valence-corrected chi connectivity index (χ2v) is 5.60. The zero-order chi connectivity index (χ0) is 18.9. The summed E-state index contributed by atoms with van der Waals surface area (Å²) < 4.78 is 9.67. The lowest BCUT2D eigenvalue weighted by molar-refractivity contribution is -0.145. The third kappa shape index (κ3) is 5.70. The number of esters is 2. The van der Waals surface area contributed by atoms with E-state index in [1.807, 2.05) is 30.3 Å². The van der Waals surface area contributed by atoms with E-state index in [0.29, 0.717) is 0 Å². The molecule has 136 valence electrons. The Labute approximate surface area is 151 Å². The number of hydrogen-bond donors (Lipinski definition) is 1. The molecular formula is C19H20N2O5. The smallest absolute Gasteiger partial charge is 0.340 e. The molecule has 1 N–H and O–H groups in total. The summed E-state index contributed by atoms with van der Waals surface area (Å²) in [6.45, 7) is 1.29. The molecule has 1 atom stereocenters. The van der Waals surface area contributed by atoms with Crippen LogP contribution in [0.5, 0.6) is 0 Å². The number of carbonyl (C=O) groups excluding carboxylic acids is 3. The Balaban J connectivity index is 1.91. The Morgan fingerprint density at radius 3 is 2.46 bits per heavy atom. The van der Waals surface area contributed by atoms with Gasteiger partial charge >= 0.3 is 11.9 Å². The van der Waals surface area contributed by atoms with Crippen molar-refractivity contribution in [1.29, 1.82) is 0 Å². The predicted molar refractivity (Wildman–Crippen MR) is 93.3 cm³/mol. The first-order chi connectivity index (χ1) is 12.5. The van der Waals surface area contributed by atoms with E-state index < -0.39 is 30.5 Å². The van der Waals surface area contributed by atoms with Crippen molar-refractivity contribution >= 4 is 17.8 Å². The fourth-order valence-corrected chi connectivity index (χ4v) is 2.22. The fraction of sp³-hybridized carbons (Fsp3) is 0.263. The second kappa shape index (κ2) is 9.31. The summed E-state index contributed by atoms with van der Waals surface area (Å²) in [5, 5.41) is 2.53. The van der Waals surface area contributed by atoms with Crippen LogP contribution in [0.4, 0.5) is 0 Å². The van der Waals surface area contributed by atoms with Gasteiger partial charge in [0, 0.05) is 18.3 Å². The van der Waals surface area contributed by atoms with Gasteiger partial charge in [-0.05, 0) is 24.6 Å². The van der Waals surface area contributed by atoms with E-state index in [2.05, 4.69) is 10.3 Å². The summed E-state index contributed by atoms with van der Waals surface area (Å²) >= 11 is 0. The van der Waals surface area contributed by atoms with Gasteiger partial charge in [-0.15, -0.1) is 0 Å². The number of amides is 1. The number of nitrogens with zero attached hydrogens (tertiary/aromatic N) is 1. The summed E-state index contributed by atoms with van der Waals surface area (Å²) in [6.07, 6.45) is 1.65. The van der Waals surface area contributed by atoms with Crippen LogP contribution >= 0.6 is 0 Å². The van der Waals surface area contributed by atoms with Crippen molar-refractivity contribution in [2.24, 2.45) is 0 Å². The Morgan fingerprint density at radius 1 is 1.12 bits per heavy atom. The molecule has 0 saturated heterocycles. The van der Waals surface area contributed by atoms with Crippen LogP contribution < -0.4 is 5.32 Å². The number of aromatic nitrogens is 1. The van der Waals surface area contributed by atoms with Gasteiger partial charge in [0.2, 0.25) is 0 Å². The molecule has 1 amide bonds. The van der Waals surface area contributed by atoms with Gasteiger partial charge in [-0.2, -0.15) is 0 Å².